The van der Waals surface area contributed by atoms with Crippen molar-refractivity contribution in [3.8, 4) is 0 Å². The zero-order chi connectivity index (χ0) is 14.6. The number of nitrogens with one attached hydrogen (secondary N) is 1. The molecule has 112 valence electrons. The van der Waals surface area contributed by atoms with E-state index >= 15 is 0 Å². The summed E-state index contributed by atoms with van der Waals surface area (Å²) in [5.41, 5.74) is -0.829. The maximum Gasteiger partial charge on any atom is 0.323 e. The predicted octanol–water partition coefficient (Wildman–Crippen LogP) is 2.34. The van der Waals surface area contributed by atoms with Crippen molar-refractivity contribution in [3.05, 3.63) is 0 Å². The minimum Gasteiger partial charge on any atom is -0.480 e. The molecule has 0 spiro atoms. The monoisotopic (exact) mass is 270 g/mol. The van der Waals surface area contributed by atoms with Crippen LogP contribution in [-0.2, 0) is 4.79 Å². The lowest BCUT2D eigenvalue weighted by Gasteiger charge is -2.35. The summed E-state index contributed by atoms with van der Waals surface area (Å²) in [6, 6.07) is 0.989. The maximum absolute atomic E-state index is 11.4. The number of carbonyl (C=O) groups is 1. The van der Waals surface area contributed by atoms with Crippen molar-refractivity contribution < 1.29 is 9.90 Å². The van der Waals surface area contributed by atoms with Crippen molar-refractivity contribution in [2.24, 2.45) is 5.92 Å². The standard InChI is InChI=1S/C15H30N2O2/c1-11(2)8-9-17(13-6-7-13)12(3)10-15(4,16-5)14(18)19/h11-13,16H,6-10H2,1-5H3,(H,18,19). The molecule has 1 aliphatic rings. The van der Waals surface area contributed by atoms with Gasteiger partial charge in [-0.3, -0.25) is 9.69 Å². The summed E-state index contributed by atoms with van der Waals surface area (Å²) >= 11 is 0. The van der Waals surface area contributed by atoms with Gasteiger partial charge in [0.05, 0.1) is 0 Å². The number of hydrogen-bond acceptors (Lipinski definition) is 3. The zero-order valence-corrected chi connectivity index (χ0v) is 13.1. The van der Waals surface area contributed by atoms with Gasteiger partial charge in [-0.15, -0.1) is 0 Å². The van der Waals surface area contributed by atoms with Crippen molar-refractivity contribution in [2.75, 3.05) is 13.6 Å². The molecule has 0 aromatic rings. The van der Waals surface area contributed by atoms with Crippen LogP contribution in [0.2, 0.25) is 0 Å². The number of aliphatic carboxylic acids is 1. The quantitative estimate of drug-likeness (QED) is 0.675. The van der Waals surface area contributed by atoms with Crippen LogP contribution in [0.15, 0.2) is 0 Å². The van der Waals surface area contributed by atoms with Gasteiger partial charge in [-0.05, 0) is 59.0 Å². The highest BCUT2D eigenvalue weighted by atomic mass is 16.4. The molecule has 0 aliphatic heterocycles. The molecule has 0 aromatic carbocycles. The third-order valence-electron chi connectivity index (χ3n) is 4.27. The van der Waals surface area contributed by atoms with E-state index in [-0.39, 0.29) is 0 Å². The Bertz CT molecular complexity index is 303. The van der Waals surface area contributed by atoms with Gasteiger partial charge < -0.3 is 10.4 Å². The first-order valence-corrected chi connectivity index (χ1v) is 7.48. The van der Waals surface area contributed by atoms with E-state index in [9.17, 15) is 9.90 Å². The van der Waals surface area contributed by atoms with Crippen LogP contribution < -0.4 is 5.32 Å². The molecular formula is C15H30N2O2. The molecule has 1 aliphatic carbocycles. The molecular weight excluding hydrogens is 240 g/mol. The highest BCUT2D eigenvalue weighted by molar-refractivity contribution is 5.78. The van der Waals surface area contributed by atoms with Crippen LogP contribution in [0.5, 0.6) is 0 Å². The molecule has 4 heteroatoms. The summed E-state index contributed by atoms with van der Waals surface area (Å²) in [5.74, 6) is -0.0648. The van der Waals surface area contributed by atoms with Crippen LogP contribution in [0.25, 0.3) is 0 Å². The molecule has 19 heavy (non-hydrogen) atoms. The third kappa shape index (κ3) is 4.77. The van der Waals surface area contributed by atoms with E-state index in [1.54, 1.807) is 14.0 Å². The predicted molar refractivity (Wildman–Crippen MR) is 78.4 cm³/mol. The first-order chi connectivity index (χ1) is 8.80. The van der Waals surface area contributed by atoms with Gasteiger partial charge in [0, 0.05) is 12.1 Å². The van der Waals surface area contributed by atoms with E-state index in [1.165, 1.54) is 19.3 Å². The molecule has 0 saturated heterocycles. The van der Waals surface area contributed by atoms with Crippen molar-refractivity contribution >= 4 is 5.97 Å². The fraction of sp³-hybridized carbons (Fsp3) is 0.933. The average Bonchev–Trinajstić information content (AvgIpc) is 3.12. The lowest BCUT2D eigenvalue weighted by atomic mass is 9.92. The lowest BCUT2D eigenvalue weighted by molar-refractivity contribution is -0.144. The van der Waals surface area contributed by atoms with E-state index < -0.39 is 11.5 Å². The SMILES string of the molecule is CNC(C)(CC(C)N(CCC(C)C)C1CC1)C(=O)O. The first kappa shape index (κ1) is 16.4. The molecule has 0 aromatic heterocycles. The van der Waals surface area contributed by atoms with E-state index in [4.69, 9.17) is 0 Å². The first-order valence-electron chi connectivity index (χ1n) is 7.48. The minimum atomic E-state index is -0.829. The lowest BCUT2D eigenvalue weighted by Crippen LogP contribution is -2.52. The van der Waals surface area contributed by atoms with Gasteiger partial charge in [-0.25, -0.2) is 0 Å². The molecule has 0 radical (unpaired) electrons. The highest BCUT2D eigenvalue weighted by Gasteiger charge is 2.38. The zero-order valence-electron chi connectivity index (χ0n) is 13.1. The molecule has 1 fully saturated rings. The van der Waals surface area contributed by atoms with Crippen molar-refractivity contribution in [1.82, 2.24) is 10.2 Å². The molecule has 2 N–H and O–H groups in total. The second-order valence-corrected chi connectivity index (χ2v) is 6.59. The summed E-state index contributed by atoms with van der Waals surface area (Å²) in [6.45, 7) is 9.51. The van der Waals surface area contributed by atoms with Gasteiger partial charge in [-0.2, -0.15) is 0 Å². The van der Waals surface area contributed by atoms with Crippen LogP contribution in [0.1, 0.15) is 53.4 Å². The maximum atomic E-state index is 11.4. The topological polar surface area (TPSA) is 52.6 Å². The smallest absolute Gasteiger partial charge is 0.323 e. The summed E-state index contributed by atoms with van der Waals surface area (Å²) in [6.07, 6.45) is 4.37. The molecule has 2 atom stereocenters. The molecule has 0 amide bonds. The van der Waals surface area contributed by atoms with Crippen LogP contribution in [0, 0.1) is 5.92 Å². The van der Waals surface area contributed by atoms with Gasteiger partial charge in [0.2, 0.25) is 0 Å². The number of nitrogens with zero attached hydrogens (tertiary/aromatic N) is 1. The Kier molecular flexibility index (Phi) is 5.81. The molecule has 0 heterocycles. The van der Waals surface area contributed by atoms with Crippen molar-refractivity contribution in [1.29, 1.82) is 0 Å². The van der Waals surface area contributed by atoms with E-state index in [2.05, 4.69) is 31.0 Å². The average molecular weight is 270 g/mol. The normalized spacial score (nSPS) is 20.6. The van der Waals surface area contributed by atoms with Gasteiger partial charge >= 0.3 is 5.97 Å². The van der Waals surface area contributed by atoms with Gasteiger partial charge in [-0.1, -0.05) is 13.8 Å². The summed E-state index contributed by atoms with van der Waals surface area (Å²) in [4.78, 5) is 13.9. The number of carboxylic acids is 1. The molecule has 1 rings (SSSR count). The Morgan fingerprint density at radius 1 is 1.42 bits per heavy atom. The number of rotatable bonds is 9. The minimum absolute atomic E-state index is 0.305. The van der Waals surface area contributed by atoms with Crippen LogP contribution in [0.3, 0.4) is 0 Å². The molecule has 2 unspecified atom stereocenters. The van der Waals surface area contributed by atoms with Gasteiger partial charge in [0.15, 0.2) is 0 Å². The Morgan fingerprint density at radius 3 is 2.37 bits per heavy atom. The highest BCUT2D eigenvalue weighted by Crippen LogP contribution is 2.31. The van der Waals surface area contributed by atoms with Crippen LogP contribution in [0.4, 0.5) is 0 Å². The number of carboxylic acid groups (broad SMARTS) is 1. The van der Waals surface area contributed by atoms with E-state index in [0.717, 1.165) is 6.54 Å². The van der Waals surface area contributed by atoms with Gasteiger partial charge in [0.25, 0.3) is 0 Å². The summed E-state index contributed by atoms with van der Waals surface area (Å²) in [5, 5.41) is 12.3. The Labute approximate surface area is 117 Å². The Morgan fingerprint density at radius 2 is 2.00 bits per heavy atom. The van der Waals surface area contributed by atoms with E-state index in [0.29, 0.717) is 24.4 Å². The van der Waals surface area contributed by atoms with Crippen LogP contribution >= 0.6 is 0 Å². The largest absolute Gasteiger partial charge is 0.480 e. The molecule has 4 nitrogen and oxygen atoms in total. The number of likely N-dealkylation sites (N-methyl/N-ethyl adjacent to an activating group) is 1. The second-order valence-electron chi connectivity index (χ2n) is 6.59. The fourth-order valence-electron chi connectivity index (χ4n) is 2.58. The summed E-state index contributed by atoms with van der Waals surface area (Å²) in [7, 11) is 1.73. The molecule has 1 saturated carbocycles. The van der Waals surface area contributed by atoms with Crippen molar-refractivity contribution in [3.63, 3.8) is 0 Å². The van der Waals surface area contributed by atoms with Crippen molar-refractivity contribution in [2.45, 2.75) is 71.0 Å². The summed E-state index contributed by atoms with van der Waals surface area (Å²) < 4.78 is 0. The van der Waals surface area contributed by atoms with E-state index in [1.807, 2.05) is 0 Å². The third-order valence-corrected chi connectivity index (χ3v) is 4.27. The fourth-order valence-corrected chi connectivity index (χ4v) is 2.58. The van der Waals surface area contributed by atoms with Crippen LogP contribution in [-0.4, -0.2) is 47.2 Å². The number of hydrogen-bond donors (Lipinski definition) is 2. The second kappa shape index (κ2) is 6.71. The Hall–Kier alpha value is -0.610. The molecule has 0 bridgehead atoms. The van der Waals surface area contributed by atoms with Gasteiger partial charge in [0.1, 0.15) is 5.54 Å². The Balaban J connectivity index is 2.61.